The van der Waals surface area contributed by atoms with E-state index < -0.39 is 0 Å². The van der Waals surface area contributed by atoms with Gasteiger partial charge in [0.2, 0.25) is 0 Å². The lowest BCUT2D eigenvalue weighted by molar-refractivity contribution is 0.127. The molecule has 2 aromatic rings. The van der Waals surface area contributed by atoms with Gasteiger partial charge in [0.25, 0.3) is 0 Å². The van der Waals surface area contributed by atoms with Crippen LogP contribution < -0.4 is 5.32 Å². The molecule has 0 spiro atoms. The number of thiazole rings is 1. The summed E-state index contributed by atoms with van der Waals surface area (Å²) in [6.45, 7) is 10.7. The summed E-state index contributed by atoms with van der Waals surface area (Å²) in [4.78, 5) is 5.67. The summed E-state index contributed by atoms with van der Waals surface area (Å²) in [7, 11) is 0. The maximum absolute atomic E-state index is 5.41. The topological polar surface area (TPSA) is 38.6 Å². The Bertz CT molecular complexity index is 518. The second kappa shape index (κ2) is 5.82. The summed E-state index contributed by atoms with van der Waals surface area (Å²) in [5, 5.41) is 5.64. The van der Waals surface area contributed by atoms with Gasteiger partial charge in [-0.25, -0.2) is 4.98 Å². The predicted octanol–water partition coefficient (Wildman–Crippen LogP) is 2.53. The van der Waals surface area contributed by atoms with Crippen LogP contribution >= 0.6 is 11.3 Å². The highest BCUT2D eigenvalue weighted by Crippen LogP contribution is 2.20. The van der Waals surface area contributed by atoms with E-state index in [1.807, 2.05) is 6.92 Å². The van der Waals surface area contributed by atoms with Crippen molar-refractivity contribution in [2.24, 2.45) is 0 Å². The number of nitrogens with one attached hydrogen (secondary N) is 1. The van der Waals surface area contributed by atoms with Crippen LogP contribution in [-0.2, 0) is 11.3 Å². The highest BCUT2D eigenvalue weighted by atomic mass is 32.1. The van der Waals surface area contributed by atoms with Crippen molar-refractivity contribution in [2.75, 3.05) is 13.2 Å². The average Bonchev–Trinajstić information content (AvgIpc) is 2.84. The number of hydrogen-bond acceptors (Lipinski definition) is 4. The van der Waals surface area contributed by atoms with Crippen LogP contribution in [0, 0.1) is 13.8 Å². The molecule has 2 heterocycles. The molecule has 1 unspecified atom stereocenters. The van der Waals surface area contributed by atoms with Crippen LogP contribution in [0.15, 0.2) is 5.38 Å². The highest BCUT2D eigenvalue weighted by molar-refractivity contribution is 7.15. The van der Waals surface area contributed by atoms with Crippen LogP contribution in [0.25, 0.3) is 4.96 Å². The minimum absolute atomic E-state index is 0.355. The standard InChI is InChI=1S/C13H21N3OS/c1-5-17-7-9(2)14-6-12-11(4)15-13-16(12)10(3)8-18-13/h8-9,14H,5-7H2,1-4H3. The minimum Gasteiger partial charge on any atom is -0.380 e. The van der Waals surface area contributed by atoms with Crippen LogP contribution in [0.1, 0.15) is 30.9 Å². The molecule has 0 aliphatic rings. The van der Waals surface area contributed by atoms with E-state index in [-0.39, 0.29) is 0 Å². The number of aromatic nitrogens is 2. The number of nitrogens with zero attached hydrogens (tertiary/aromatic N) is 2. The summed E-state index contributed by atoms with van der Waals surface area (Å²) < 4.78 is 7.65. The molecule has 1 N–H and O–H groups in total. The van der Waals surface area contributed by atoms with Gasteiger partial charge in [0.05, 0.1) is 18.0 Å². The van der Waals surface area contributed by atoms with Crippen LogP contribution in [0.5, 0.6) is 0 Å². The lowest BCUT2D eigenvalue weighted by Crippen LogP contribution is -2.30. The van der Waals surface area contributed by atoms with Crippen molar-refractivity contribution in [3.8, 4) is 0 Å². The maximum atomic E-state index is 5.41. The minimum atomic E-state index is 0.355. The van der Waals surface area contributed by atoms with Gasteiger partial charge in [0.1, 0.15) is 0 Å². The fourth-order valence-corrected chi connectivity index (χ4v) is 2.93. The molecule has 0 saturated carbocycles. The predicted molar refractivity (Wildman–Crippen MR) is 75.3 cm³/mol. The van der Waals surface area contributed by atoms with Gasteiger partial charge in [-0.3, -0.25) is 4.40 Å². The zero-order chi connectivity index (χ0) is 13.1. The number of rotatable bonds is 6. The molecule has 2 aromatic heterocycles. The quantitative estimate of drug-likeness (QED) is 0.874. The monoisotopic (exact) mass is 267 g/mol. The average molecular weight is 267 g/mol. The van der Waals surface area contributed by atoms with E-state index in [2.05, 4.69) is 40.9 Å². The molecular formula is C13H21N3OS. The van der Waals surface area contributed by atoms with E-state index in [0.29, 0.717) is 6.04 Å². The number of imidazole rings is 1. The van der Waals surface area contributed by atoms with Gasteiger partial charge < -0.3 is 10.1 Å². The first kappa shape index (κ1) is 13.5. The third-order valence-electron chi connectivity index (χ3n) is 3.02. The summed E-state index contributed by atoms with van der Waals surface area (Å²) >= 11 is 1.70. The zero-order valence-corrected chi connectivity index (χ0v) is 12.3. The maximum Gasteiger partial charge on any atom is 0.194 e. The molecule has 5 heteroatoms. The molecule has 0 aliphatic heterocycles. The van der Waals surface area contributed by atoms with Crippen molar-refractivity contribution in [3.05, 3.63) is 22.5 Å². The van der Waals surface area contributed by atoms with E-state index in [1.165, 1.54) is 11.4 Å². The fourth-order valence-electron chi connectivity index (χ4n) is 2.00. The van der Waals surface area contributed by atoms with E-state index in [0.717, 1.165) is 30.4 Å². The van der Waals surface area contributed by atoms with Gasteiger partial charge in [0, 0.05) is 30.3 Å². The van der Waals surface area contributed by atoms with Gasteiger partial charge in [0.15, 0.2) is 4.96 Å². The molecule has 0 fully saturated rings. The summed E-state index contributed by atoms with van der Waals surface area (Å²) in [5.41, 5.74) is 3.62. The Morgan fingerprint density at radius 1 is 1.50 bits per heavy atom. The lowest BCUT2D eigenvalue weighted by atomic mass is 10.3. The number of aryl methyl sites for hydroxylation is 2. The Hall–Kier alpha value is -0.910. The second-order valence-electron chi connectivity index (χ2n) is 4.58. The second-order valence-corrected chi connectivity index (χ2v) is 5.42. The van der Waals surface area contributed by atoms with E-state index in [4.69, 9.17) is 4.74 Å². The molecule has 0 radical (unpaired) electrons. The molecule has 0 saturated heterocycles. The molecular weight excluding hydrogens is 246 g/mol. The lowest BCUT2D eigenvalue weighted by Gasteiger charge is -2.13. The van der Waals surface area contributed by atoms with Crippen LogP contribution in [0.2, 0.25) is 0 Å². The van der Waals surface area contributed by atoms with Crippen LogP contribution in [0.3, 0.4) is 0 Å². The third-order valence-corrected chi connectivity index (χ3v) is 3.96. The molecule has 1 atom stereocenters. The first-order chi connectivity index (χ1) is 8.63. The van der Waals surface area contributed by atoms with E-state index in [1.54, 1.807) is 11.3 Å². The number of hydrogen-bond donors (Lipinski definition) is 1. The SMILES string of the molecule is CCOCC(C)NCc1c(C)nc2scc(C)n12. The van der Waals surface area contributed by atoms with E-state index >= 15 is 0 Å². The molecule has 0 bridgehead atoms. The van der Waals surface area contributed by atoms with Crippen molar-refractivity contribution in [1.82, 2.24) is 14.7 Å². The largest absolute Gasteiger partial charge is 0.380 e. The van der Waals surface area contributed by atoms with Gasteiger partial charge in [-0.2, -0.15) is 0 Å². The number of fused-ring (bicyclic) bond motifs is 1. The Labute approximate surface area is 112 Å². The van der Waals surface area contributed by atoms with Crippen molar-refractivity contribution in [3.63, 3.8) is 0 Å². The smallest absolute Gasteiger partial charge is 0.194 e. The normalized spacial score (nSPS) is 13.3. The Balaban J connectivity index is 2.06. The molecule has 4 nitrogen and oxygen atoms in total. The van der Waals surface area contributed by atoms with Crippen LogP contribution in [-0.4, -0.2) is 28.6 Å². The van der Waals surface area contributed by atoms with Gasteiger partial charge in [-0.15, -0.1) is 11.3 Å². The van der Waals surface area contributed by atoms with Crippen molar-refractivity contribution in [1.29, 1.82) is 0 Å². The molecule has 18 heavy (non-hydrogen) atoms. The Morgan fingerprint density at radius 3 is 3.00 bits per heavy atom. The third kappa shape index (κ3) is 2.74. The number of ether oxygens (including phenoxy) is 1. The van der Waals surface area contributed by atoms with Crippen molar-refractivity contribution >= 4 is 16.3 Å². The van der Waals surface area contributed by atoms with E-state index in [9.17, 15) is 0 Å². The van der Waals surface area contributed by atoms with Gasteiger partial charge in [-0.05, 0) is 27.7 Å². The van der Waals surface area contributed by atoms with Gasteiger partial charge >= 0.3 is 0 Å². The highest BCUT2D eigenvalue weighted by Gasteiger charge is 2.12. The molecule has 2 rings (SSSR count). The summed E-state index contributed by atoms with van der Waals surface area (Å²) in [6, 6.07) is 0.355. The molecule has 100 valence electrons. The summed E-state index contributed by atoms with van der Waals surface area (Å²) in [5.74, 6) is 0. The van der Waals surface area contributed by atoms with Gasteiger partial charge in [-0.1, -0.05) is 0 Å². The van der Waals surface area contributed by atoms with Crippen molar-refractivity contribution in [2.45, 2.75) is 40.3 Å². The molecule has 0 amide bonds. The molecule has 0 aliphatic carbocycles. The zero-order valence-electron chi connectivity index (χ0n) is 11.5. The fraction of sp³-hybridized carbons (Fsp3) is 0.615. The summed E-state index contributed by atoms with van der Waals surface area (Å²) in [6.07, 6.45) is 0. The van der Waals surface area contributed by atoms with Crippen molar-refractivity contribution < 1.29 is 4.74 Å². The Morgan fingerprint density at radius 2 is 2.28 bits per heavy atom. The van der Waals surface area contributed by atoms with Crippen LogP contribution in [0.4, 0.5) is 0 Å². The molecule has 0 aromatic carbocycles. The Kier molecular flexibility index (Phi) is 4.37. The first-order valence-electron chi connectivity index (χ1n) is 6.36. The first-order valence-corrected chi connectivity index (χ1v) is 7.24.